The number of halogens is 2. The first-order valence-corrected chi connectivity index (χ1v) is 13.0. The van der Waals surface area contributed by atoms with E-state index in [0.29, 0.717) is 13.1 Å². The summed E-state index contributed by atoms with van der Waals surface area (Å²) in [5, 5.41) is 5.55. The van der Waals surface area contributed by atoms with Crippen LogP contribution in [0.4, 0.5) is 8.78 Å². The highest BCUT2D eigenvalue weighted by molar-refractivity contribution is 6.44. The van der Waals surface area contributed by atoms with Gasteiger partial charge in [0.05, 0.1) is 17.4 Å². The van der Waals surface area contributed by atoms with Crippen molar-refractivity contribution in [3.8, 4) is 5.69 Å². The summed E-state index contributed by atoms with van der Waals surface area (Å²) in [6.07, 6.45) is 4.27. The summed E-state index contributed by atoms with van der Waals surface area (Å²) in [6.45, 7) is 8.15. The first-order valence-electron chi connectivity index (χ1n) is 13.0. The van der Waals surface area contributed by atoms with Crippen molar-refractivity contribution in [2.45, 2.75) is 25.2 Å². The highest BCUT2D eigenvalue weighted by atomic mass is 19.1. The highest BCUT2D eigenvalue weighted by Crippen LogP contribution is 2.69. The Morgan fingerprint density at radius 1 is 1.15 bits per heavy atom. The van der Waals surface area contributed by atoms with Gasteiger partial charge in [0, 0.05) is 36.0 Å². The summed E-state index contributed by atoms with van der Waals surface area (Å²) in [5.41, 5.74) is 4.66. The number of piperidine rings is 1. The van der Waals surface area contributed by atoms with Gasteiger partial charge in [-0.1, -0.05) is 36.9 Å². The van der Waals surface area contributed by atoms with Crippen LogP contribution >= 0.6 is 0 Å². The SMILES string of the molecule is C=C/N=C(C(=O)N1C[C@@H]2[C@@H](c3ccccc3)[C@]2(c2cc3cnn(-c4ccc(F)cc4)c3cc2C)C1)\C(F)=C/C. The van der Waals surface area contributed by atoms with Crippen LogP contribution in [0.25, 0.3) is 16.6 Å². The second kappa shape index (κ2) is 9.42. The van der Waals surface area contributed by atoms with Gasteiger partial charge in [0.15, 0.2) is 5.71 Å². The molecule has 5 nitrogen and oxygen atoms in total. The van der Waals surface area contributed by atoms with Crippen LogP contribution in [-0.2, 0) is 10.2 Å². The molecular weight excluding hydrogens is 494 g/mol. The molecule has 1 aromatic heterocycles. The Kier molecular flexibility index (Phi) is 6.02. The number of allylic oxidation sites excluding steroid dienone is 1. The van der Waals surface area contributed by atoms with Crippen LogP contribution in [0.3, 0.4) is 0 Å². The molecule has 196 valence electrons. The van der Waals surface area contributed by atoms with Crippen molar-refractivity contribution in [1.29, 1.82) is 0 Å². The Morgan fingerprint density at radius 3 is 2.59 bits per heavy atom. The normalized spacial score (nSPS) is 22.7. The number of fused-ring (bicyclic) bond motifs is 2. The van der Waals surface area contributed by atoms with Crippen LogP contribution < -0.4 is 0 Å². The lowest BCUT2D eigenvalue weighted by atomic mass is 9.86. The summed E-state index contributed by atoms with van der Waals surface area (Å²) < 4.78 is 29.9. The molecule has 0 unspecified atom stereocenters. The summed E-state index contributed by atoms with van der Waals surface area (Å²) in [6, 6.07) is 20.9. The second-order valence-electron chi connectivity index (χ2n) is 10.3. The van der Waals surface area contributed by atoms with Gasteiger partial charge in [0.25, 0.3) is 5.91 Å². The fourth-order valence-corrected chi connectivity index (χ4v) is 6.48. The van der Waals surface area contributed by atoms with Crippen molar-refractivity contribution in [3.05, 3.63) is 120 Å². The number of hydrogen-bond acceptors (Lipinski definition) is 3. The van der Waals surface area contributed by atoms with Gasteiger partial charge in [-0.3, -0.25) is 4.79 Å². The van der Waals surface area contributed by atoms with Crippen molar-refractivity contribution in [2.75, 3.05) is 13.1 Å². The average Bonchev–Trinajstić information content (AvgIpc) is 3.21. The number of aromatic nitrogens is 2. The number of aliphatic imine (C=N–C) groups is 1. The molecule has 1 amide bonds. The van der Waals surface area contributed by atoms with E-state index in [1.807, 2.05) is 29.1 Å². The maximum Gasteiger partial charge on any atom is 0.275 e. The van der Waals surface area contributed by atoms with Crippen LogP contribution in [0, 0.1) is 18.7 Å². The van der Waals surface area contributed by atoms with Gasteiger partial charge in [-0.25, -0.2) is 18.5 Å². The van der Waals surface area contributed by atoms with Crippen LogP contribution in [0.15, 0.2) is 103 Å². The molecule has 1 saturated heterocycles. The van der Waals surface area contributed by atoms with Gasteiger partial charge < -0.3 is 4.90 Å². The number of hydrogen-bond donors (Lipinski definition) is 0. The fraction of sp³-hybridized carbons (Fsp3) is 0.219. The highest BCUT2D eigenvalue weighted by Gasteiger charge is 2.71. The van der Waals surface area contributed by atoms with Crippen molar-refractivity contribution >= 4 is 22.5 Å². The molecule has 2 fully saturated rings. The third-order valence-electron chi connectivity index (χ3n) is 8.21. The summed E-state index contributed by atoms with van der Waals surface area (Å²) in [4.78, 5) is 19.1. The molecule has 39 heavy (non-hydrogen) atoms. The number of carbonyl (C=O) groups excluding carboxylic acids is 1. The third-order valence-corrected chi connectivity index (χ3v) is 8.21. The molecule has 1 saturated carbocycles. The average molecular weight is 523 g/mol. The lowest BCUT2D eigenvalue weighted by Gasteiger charge is -2.26. The minimum absolute atomic E-state index is 0.186. The zero-order valence-electron chi connectivity index (χ0n) is 21.8. The van der Waals surface area contributed by atoms with Crippen molar-refractivity contribution in [1.82, 2.24) is 14.7 Å². The number of benzene rings is 3. The smallest absolute Gasteiger partial charge is 0.275 e. The van der Waals surface area contributed by atoms with E-state index in [0.717, 1.165) is 27.7 Å². The molecule has 6 rings (SSSR count). The molecule has 4 aromatic rings. The zero-order valence-corrected chi connectivity index (χ0v) is 21.8. The van der Waals surface area contributed by atoms with E-state index in [1.54, 1.807) is 24.0 Å². The van der Waals surface area contributed by atoms with Crippen molar-refractivity contribution < 1.29 is 13.6 Å². The van der Waals surface area contributed by atoms with E-state index in [1.165, 1.54) is 30.0 Å². The van der Waals surface area contributed by atoms with E-state index < -0.39 is 11.7 Å². The van der Waals surface area contributed by atoms with Gasteiger partial charge in [0.2, 0.25) is 0 Å². The van der Waals surface area contributed by atoms with Gasteiger partial charge in [-0.2, -0.15) is 5.10 Å². The van der Waals surface area contributed by atoms with Crippen LogP contribution in [0.5, 0.6) is 0 Å². The molecule has 1 aliphatic carbocycles. The molecule has 3 aromatic carbocycles. The van der Waals surface area contributed by atoms with Gasteiger partial charge in [-0.05, 0) is 78.9 Å². The minimum Gasteiger partial charge on any atom is -0.336 e. The molecule has 1 aliphatic heterocycles. The zero-order chi connectivity index (χ0) is 27.3. The van der Waals surface area contributed by atoms with Gasteiger partial charge in [-0.15, -0.1) is 0 Å². The first-order chi connectivity index (χ1) is 18.9. The number of likely N-dealkylation sites (tertiary alicyclic amines) is 1. The number of nitrogens with zero attached hydrogens (tertiary/aromatic N) is 4. The molecule has 7 heteroatoms. The molecular formula is C32H28F2N4O. The molecule has 0 spiro atoms. The van der Waals surface area contributed by atoms with E-state index in [-0.39, 0.29) is 28.8 Å². The number of carbonyl (C=O) groups is 1. The van der Waals surface area contributed by atoms with E-state index >= 15 is 0 Å². The summed E-state index contributed by atoms with van der Waals surface area (Å²) in [7, 11) is 0. The molecule has 0 bridgehead atoms. The van der Waals surface area contributed by atoms with Crippen LogP contribution in [-0.4, -0.2) is 39.4 Å². The molecule has 2 aliphatic rings. The maximum absolute atomic E-state index is 14.6. The largest absolute Gasteiger partial charge is 0.336 e. The molecule has 3 atom stereocenters. The molecule has 0 radical (unpaired) electrons. The van der Waals surface area contributed by atoms with E-state index in [4.69, 9.17) is 0 Å². The van der Waals surface area contributed by atoms with Gasteiger partial charge in [0.1, 0.15) is 11.6 Å². The predicted molar refractivity (Wildman–Crippen MR) is 149 cm³/mol. The quantitative estimate of drug-likeness (QED) is 0.274. The van der Waals surface area contributed by atoms with E-state index in [2.05, 4.69) is 47.9 Å². The predicted octanol–water partition coefficient (Wildman–Crippen LogP) is 6.42. The Morgan fingerprint density at radius 2 is 1.90 bits per heavy atom. The topological polar surface area (TPSA) is 50.5 Å². The summed E-state index contributed by atoms with van der Waals surface area (Å²) >= 11 is 0. The Hall–Kier alpha value is -4.39. The van der Waals surface area contributed by atoms with Crippen molar-refractivity contribution in [3.63, 3.8) is 0 Å². The second-order valence-corrected chi connectivity index (χ2v) is 10.3. The number of rotatable bonds is 6. The van der Waals surface area contributed by atoms with Gasteiger partial charge >= 0.3 is 0 Å². The molecule has 2 heterocycles. The first kappa shape index (κ1) is 24.9. The Labute approximate surface area is 225 Å². The Bertz CT molecular complexity index is 1660. The lowest BCUT2D eigenvalue weighted by molar-refractivity contribution is -0.123. The molecule has 0 N–H and O–H groups in total. The minimum atomic E-state index is -0.653. The van der Waals surface area contributed by atoms with Crippen LogP contribution in [0.1, 0.15) is 29.5 Å². The fourth-order valence-electron chi connectivity index (χ4n) is 6.48. The monoisotopic (exact) mass is 522 g/mol. The van der Waals surface area contributed by atoms with E-state index in [9.17, 15) is 13.6 Å². The standard InChI is InChI=1S/C32H28F2N4O/c1-4-27(34)30(35-5-2)31(39)37-18-26-29(21-9-7-6-8-10-21)32(26,19-37)25-16-22-17-36-38(28(22)15-20(25)3)24-13-11-23(33)12-14-24/h4-17,26,29H,2,18-19H2,1,3H3/b27-4+,35-30+/t26-,29-,32+/m1/s1. The van der Waals surface area contributed by atoms with Crippen molar-refractivity contribution in [2.24, 2.45) is 10.9 Å². The Balaban J connectivity index is 1.42. The summed E-state index contributed by atoms with van der Waals surface area (Å²) in [5.74, 6) is -0.953. The number of amides is 1. The lowest BCUT2D eigenvalue weighted by Crippen LogP contribution is -2.39. The third kappa shape index (κ3) is 3.92. The maximum atomic E-state index is 14.6. The number of aryl methyl sites for hydroxylation is 1. The van der Waals surface area contributed by atoms with Crippen LogP contribution in [0.2, 0.25) is 0 Å².